The van der Waals surface area contributed by atoms with E-state index in [0.717, 1.165) is 10.5 Å². The maximum absolute atomic E-state index is 11.5. The van der Waals surface area contributed by atoms with Crippen molar-refractivity contribution in [1.82, 2.24) is 0 Å². The van der Waals surface area contributed by atoms with Gasteiger partial charge in [-0.1, -0.05) is 51.9 Å². The SMILES string of the molecule is CC1SSC(c2ccccc2)=CC1=O. The lowest BCUT2D eigenvalue weighted by molar-refractivity contribution is -0.113. The number of carbonyl (C=O) groups is 1. The van der Waals surface area contributed by atoms with Gasteiger partial charge >= 0.3 is 0 Å². The molecule has 1 atom stereocenters. The van der Waals surface area contributed by atoms with Gasteiger partial charge in [0.2, 0.25) is 0 Å². The summed E-state index contributed by atoms with van der Waals surface area (Å²) in [6.07, 6.45) is 1.75. The molecule has 1 aliphatic rings. The number of hydrogen-bond acceptors (Lipinski definition) is 3. The second-order valence-corrected chi connectivity index (χ2v) is 5.68. The third-order valence-electron chi connectivity index (χ3n) is 2.01. The predicted molar refractivity (Wildman–Crippen MR) is 64.1 cm³/mol. The summed E-state index contributed by atoms with van der Waals surface area (Å²) < 4.78 is 0. The topological polar surface area (TPSA) is 17.1 Å². The fourth-order valence-electron chi connectivity index (χ4n) is 1.18. The second-order valence-electron chi connectivity index (χ2n) is 3.10. The number of hydrogen-bond donors (Lipinski definition) is 0. The van der Waals surface area contributed by atoms with Gasteiger partial charge < -0.3 is 0 Å². The van der Waals surface area contributed by atoms with Crippen LogP contribution in [0.25, 0.3) is 4.91 Å². The minimum atomic E-state index is 0.0902. The second kappa shape index (κ2) is 4.24. The van der Waals surface area contributed by atoms with E-state index in [4.69, 9.17) is 0 Å². The van der Waals surface area contributed by atoms with Gasteiger partial charge in [-0.3, -0.25) is 4.79 Å². The molecule has 72 valence electrons. The molecule has 0 amide bonds. The van der Waals surface area contributed by atoms with Crippen LogP contribution in [0.3, 0.4) is 0 Å². The molecule has 1 unspecified atom stereocenters. The molecule has 0 saturated heterocycles. The van der Waals surface area contributed by atoms with E-state index in [0.29, 0.717) is 0 Å². The Morgan fingerprint density at radius 1 is 1.21 bits per heavy atom. The Labute approximate surface area is 91.4 Å². The van der Waals surface area contributed by atoms with Crippen LogP contribution in [0.1, 0.15) is 12.5 Å². The standard InChI is InChI=1S/C11H10OS2/c1-8-10(12)7-11(14-13-8)9-5-3-2-4-6-9/h2-8H,1H3. The van der Waals surface area contributed by atoms with E-state index in [1.807, 2.05) is 37.3 Å². The summed E-state index contributed by atoms with van der Waals surface area (Å²) in [4.78, 5) is 12.5. The van der Waals surface area contributed by atoms with Gasteiger partial charge in [0.1, 0.15) is 0 Å². The maximum Gasteiger partial charge on any atom is 0.170 e. The van der Waals surface area contributed by atoms with Crippen molar-refractivity contribution in [2.24, 2.45) is 0 Å². The Kier molecular flexibility index (Phi) is 2.99. The van der Waals surface area contributed by atoms with E-state index in [1.54, 1.807) is 27.7 Å². The van der Waals surface area contributed by atoms with Gasteiger partial charge in [0.15, 0.2) is 5.78 Å². The maximum atomic E-state index is 11.5. The van der Waals surface area contributed by atoms with Crippen molar-refractivity contribution in [3.05, 3.63) is 42.0 Å². The summed E-state index contributed by atoms with van der Waals surface area (Å²) in [5.74, 6) is 0.215. The first-order chi connectivity index (χ1) is 6.77. The van der Waals surface area contributed by atoms with Gasteiger partial charge in [0.25, 0.3) is 0 Å². The summed E-state index contributed by atoms with van der Waals surface area (Å²) in [5.41, 5.74) is 1.13. The van der Waals surface area contributed by atoms with Crippen LogP contribution in [0.4, 0.5) is 0 Å². The Bertz CT molecular complexity index is 370. The van der Waals surface area contributed by atoms with Crippen LogP contribution in [0.5, 0.6) is 0 Å². The van der Waals surface area contributed by atoms with E-state index in [2.05, 4.69) is 0 Å². The van der Waals surface area contributed by atoms with Gasteiger partial charge in [-0.25, -0.2) is 0 Å². The largest absolute Gasteiger partial charge is 0.294 e. The molecule has 1 aliphatic heterocycles. The van der Waals surface area contributed by atoms with Crippen molar-refractivity contribution in [1.29, 1.82) is 0 Å². The molecule has 1 aromatic rings. The molecule has 0 radical (unpaired) electrons. The first kappa shape index (κ1) is 9.87. The van der Waals surface area contributed by atoms with Crippen molar-refractivity contribution < 1.29 is 4.79 Å². The van der Waals surface area contributed by atoms with E-state index in [-0.39, 0.29) is 11.0 Å². The highest BCUT2D eigenvalue weighted by Gasteiger charge is 2.19. The Morgan fingerprint density at radius 2 is 1.93 bits per heavy atom. The highest BCUT2D eigenvalue weighted by molar-refractivity contribution is 8.80. The molecule has 3 heteroatoms. The minimum absolute atomic E-state index is 0.0902. The highest BCUT2D eigenvalue weighted by atomic mass is 33.1. The molecule has 0 spiro atoms. The quantitative estimate of drug-likeness (QED) is 0.678. The lowest BCUT2D eigenvalue weighted by atomic mass is 10.2. The lowest BCUT2D eigenvalue weighted by Crippen LogP contribution is -2.11. The van der Waals surface area contributed by atoms with Gasteiger partial charge in [0, 0.05) is 4.91 Å². The molecule has 1 nitrogen and oxygen atoms in total. The van der Waals surface area contributed by atoms with Crippen LogP contribution in [0.15, 0.2) is 36.4 Å². The molecule has 0 bridgehead atoms. The van der Waals surface area contributed by atoms with Gasteiger partial charge in [-0.05, 0) is 18.6 Å². The Morgan fingerprint density at radius 3 is 2.57 bits per heavy atom. The van der Waals surface area contributed by atoms with Crippen LogP contribution in [0.2, 0.25) is 0 Å². The fourth-order valence-corrected chi connectivity index (χ4v) is 3.44. The van der Waals surface area contributed by atoms with E-state index in [9.17, 15) is 4.79 Å². The zero-order valence-corrected chi connectivity index (χ0v) is 9.40. The average Bonchev–Trinajstić information content (AvgIpc) is 2.23. The third kappa shape index (κ3) is 2.04. The van der Waals surface area contributed by atoms with Crippen molar-refractivity contribution in [3.63, 3.8) is 0 Å². The summed E-state index contributed by atoms with van der Waals surface area (Å²) in [5, 5.41) is 0.0902. The molecule has 1 aromatic carbocycles. The molecular formula is C11H10OS2. The highest BCUT2D eigenvalue weighted by Crippen LogP contribution is 2.43. The number of benzene rings is 1. The predicted octanol–water partition coefficient (Wildman–Crippen LogP) is 3.38. The fraction of sp³-hybridized carbons (Fsp3) is 0.182. The number of ketones is 1. The van der Waals surface area contributed by atoms with Crippen molar-refractivity contribution in [3.8, 4) is 0 Å². The molecule has 14 heavy (non-hydrogen) atoms. The average molecular weight is 222 g/mol. The number of carbonyl (C=O) groups excluding carboxylic acids is 1. The van der Waals surface area contributed by atoms with Crippen LogP contribution in [-0.2, 0) is 4.79 Å². The van der Waals surface area contributed by atoms with Gasteiger partial charge in [0.05, 0.1) is 5.25 Å². The van der Waals surface area contributed by atoms with Crippen molar-refractivity contribution >= 4 is 32.3 Å². The molecule has 0 aromatic heterocycles. The molecule has 1 heterocycles. The van der Waals surface area contributed by atoms with Gasteiger partial charge in [-0.15, -0.1) is 0 Å². The first-order valence-electron chi connectivity index (χ1n) is 4.41. The summed E-state index contributed by atoms with van der Waals surface area (Å²) >= 11 is 0. The van der Waals surface area contributed by atoms with E-state index >= 15 is 0 Å². The van der Waals surface area contributed by atoms with E-state index < -0.39 is 0 Å². The molecule has 2 rings (SSSR count). The zero-order chi connectivity index (χ0) is 9.97. The molecule has 0 fully saturated rings. The van der Waals surface area contributed by atoms with E-state index in [1.165, 1.54) is 0 Å². The Balaban J connectivity index is 2.29. The number of allylic oxidation sites excluding steroid dienone is 1. The van der Waals surface area contributed by atoms with Crippen LogP contribution < -0.4 is 0 Å². The normalized spacial score (nSPS) is 21.9. The van der Waals surface area contributed by atoms with Crippen LogP contribution in [0, 0.1) is 0 Å². The minimum Gasteiger partial charge on any atom is -0.294 e. The molecule has 0 aliphatic carbocycles. The van der Waals surface area contributed by atoms with Crippen molar-refractivity contribution in [2.75, 3.05) is 0 Å². The first-order valence-corrected chi connectivity index (χ1v) is 6.63. The zero-order valence-electron chi connectivity index (χ0n) is 7.77. The van der Waals surface area contributed by atoms with Crippen molar-refractivity contribution in [2.45, 2.75) is 12.2 Å². The summed E-state index contributed by atoms with van der Waals surface area (Å²) in [6.45, 7) is 1.94. The van der Waals surface area contributed by atoms with Gasteiger partial charge in [-0.2, -0.15) is 0 Å². The van der Waals surface area contributed by atoms with Crippen LogP contribution >= 0.6 is 21.6 Å². The molecular weight excluding hydrogens is 212 g/mol. The molecule has 0 N–H and O–H groups in total. The smallest absolute Gasteiger partial charge is 0.170 e. The van der Waals surface area contributed by atoms with Crippen LogP contribution in [-0.4, -0.2) is 11.0 Å². The lowest BCUT2D eigenvalue weighted by Gasteiger charge is -2.15. The third-order valence-corrected chi connectivity index (χ3v) is 4.86. The monoisotopic (exact) mass is 222 g/mol. The number of rotatable bonds is 1. The molecule has 0 saturated carbocycles. The Hall–Kier alpha value is -0.670. The summed E-state index contributed by atoms with van der Waals surface area (Å²) in [6, 6.07) is 10.0. The summed E-state index contributed by atoms with van der Waals surface area (Å²) in [7, 11) is 3.31.